The van der Waals surface area contributed by atoms with E-state index in [0.717, 1.165) is 52.8 Å². The molecule has 0 atom stereocenters. The number of nitro groups is 1. The second-order valence-electron chi connectivity index (χ2n) is 9.83. The third kappa shape index (κ3) is 6.13. The Hall–Kier alpha value is -3.49. The number of non-ortho nitro benzene ring substituents is 1. The lowest BCUT2D eigenvalue weighted by molar-refractivity contribution is -0.384. The van der Waals surface area contributed by atoms with Gasteiger partial charge in [-0.05, 0) is 71.5 Å². The average molecular weight is 579 g/mol. The Labute approximate surface area is 243 Å². The first kappa shape index (κ1) is 29.5. The summed E-state index contributed by atoms with van der Waals surface area (Å²) in [6.07, 6.45) is 3.64. The normalized spacial score (nSPS) is 13.4. The number of carbonyl (C=O) groups excluding carboxylic acids is 2. The highest BCUT2D eigenvalue weighted by atomic mass is 35.5. The average Bonchev–Trinajstić information content (AvgIpc) is 3.20. The molecule has 7 nitrogen and oxygen atoms in total. The molecule has 0 spiro atoms. The molecule has 0 aliphatic heterocycles. The lowest BCUT2D eigenvalue weighted by atomic mass is 9.71. The van der Waals surface area contributed by atoms with Gasteiger partial charge in [0, 0.05) is 52.1 Å². The Balaban J connectivity index is 1.70. The number of nitro benzene ring substituents is 1. The van der Waals surface area contributed by atoms with Crippen molar-refractivity contribution in [3.8, 4) is 11.1 Å². The molecule has 1 aliphatic rings. The number of ketones is 1. The summed E-state index contributed by atoms with van der Waals surface area (Å²) in [6, 6.07) is 18.1. The minimum Gasteiger partial charge on any atom is -0.318 e. The second kappa shape index (κ2) is 12.8. The molecule has 0 amide bonds. The number of benzene rings is 3. The van der Waals surface area contributed by atoms with Crippen molar-refractivity contribution in [2.75, 3.05) is 5.75 Å². The predicted octanol–water partition coefficient (Wildman–Crippen LogP) is 8.40. The Morgan fingerprint density at radius 3 is 2.20 bits per heavy atom. The quantitative estimate of drug-likeness (QED) is 0.0534. The van der Waals surface area contributed by atoms with Crippen molar-refractivity contribution >= 4 is 46.5 Å². The molecular formula is C31H31ClN2O5S. The summed E-state index contributed by atoms with van der Waals surface area (Å²) in [6.45, 7) is 5.44. The smallest absolute Gasteiger partial charge is 0.318 e. The molecule has 9 heteroatoms. The number of fused-ring (bicyclic) bond motifs is 3. The maximum absolute atomic E-state index is 13.7. The molecule has 1 aliphatic carbocycles. The zero-order valence-corrected chi connectivity index (χ0v) is 24.3. The molecular weight excluding hydrogens is 548 g/mol. The number of nitrogens with zero attached hydrogens (tertiary/aromatic N) is 2. The standard InChI is InChI=1S/C31H31ClN2O5S/c1-4-15-31(16-5-2)27-18-21(6-12-25(27)26-13-9-23(34(37)38)19-28(26)31)30(36)29(33-39-20(3)35)14-17-40-24-10-7-22(32)8-11-24/h6-13,18-19H,4-5,14-17H2,1-3H3/b33-29+. The molecule has 208 valence electrons. The van der Waals surface area contributed by atoms with E-state index in [1.807, 2.05) is 30.3 Å². The van der Waals surface area contributed by atoms with Crippen LogP contribution in [-0.2, 0) is 15.0 Å². The molecule has 4 rings (SSSR count). The first-order chi connectivity index (χ1) is 19.2. The Kier molecular flexibility index (Phi) is 9.43. The Bertz CT molecular complexity index is 1460. The molecule has 0 N–H and O–H groups in total. The van der Waals surface area contributed by atoms with Gasteiger partial charge in [-0.3, -0.25) is 14.9 Å². The Morgan fingerprint density at radius 2 is 1.60 bits per heavy atom. The van der Waals surface area contributed by atoms with Gasteiger partial charge in [-0.25, -0.2) is 4.79 Å². The van der Waals surface area contributed by atoms with Crippen LogP contribution in [-0.4, -0.2) is 28.1 Å². The van der Waals surface area contributed by atoms with Gasteiger partial charge in [0.1, 0.15) is 5.71 Å². The third-order valence-electron chi connectivity index (χ3n) is 7.14. The zero-order chi connectivity index (χ0) is 28.9. The van der Waals surface area contributed by atoms with Gasteiger partial charge >= 0.3 is 5.97 Å². The monoisotopic (exact) mass is 578 g/mol. The summed E-state index contributed by atoms with van der Waals surface area (Å²) in [5, 5.41) is 16.2. The summed E-state index contributed by atoms with van der Waals surface area (Å²) < 4.78 is 0. The first-order valence-corrected chi connectivity index (χ1v) is 14.7. The summed E-state index contributed by atoms with van der Waals surface area (Å²) in [4.78, 5) is 42.4. The maximum atomic E-state index is 13.7. The topological polar surface area (TPSA) is 98.9 Å². The highest BCUT2D eigenvalue weighted by molar-refractivity contribution is 7.99. The van der Waals surface area contributed by atoms with Crippen molar-refractivity contribution in [3.63, 3.8) is 0 Å². The highest BCUT2D eigenvalue weighted by Gasteiger charge is 2.43. The van der Waals surface area contributed by atoms with Crippen LogP contribution in [0.3, 0.4) is 0 Å². The van der Waals surface area contributed by atoms with Crippen LogP contribution in [0.1, 0.15) is 74.4 Å². The van der Waals surface area contributed by atoms with E-state index in [2.05, 4.69) is 19.0 Å². The lowest BCUT2D eigenvalue weighted by Gasteiger charge is -2.32. The van der Waals surface area contributed by atoms with Crippen molar-refractivity contribution in [1.82, 2.24) is 0 Å². The maximum Gasteiger partial charge on any atom is 0.331 e. The van der Waals surface area contributed by atoms with E-state index in [1.54, 1.807) is 36.0 Å². The van der Waals surface area contributed by atoms with Crippen LogP contribution in [0.4, 0.5) is 5.69 Å². The summed E-state index contributed by atoms with van der Waals surface area (Å²) in [5.41, 5.74) is 4.12. The van der Waals surface area contributed by atoms with Gasteiger partial charge in [0.05, 0.1) is 4.92 Å². The zero-order valence-electron chi connectivity index (χ0n) is 22.7. The van der Waals surface area contributed by atoms with E-state index >= 15 is 0 Å². The number of oxime groups is 1. The number of Topliss-reactive ketones (excluding diaryl/α,β-unsaturated/α-hetero) is 1. The van der Waals surface area contributed by atoms with Crippen LogP contribution in [0.25, 0.3) is 11.1 Å². The van der Waals surface area contributed by atoms with Gasteiger partial charge in [-0.1, -0.05) is 55.6 Å². The lowest BCUT2D eigenvalue weighted by Crippen LogP contribution is -2.26. The number of rotatable bonds is 12. The minimum absolute atomic E-state index is 0.0634. The van der Waals surface area contributed by atoms with Crippen LogP contribution in [0.15, 0.2) is 70.7 Å². The number of hydrogen-bond donors (Lipinski definition) is 0. The summed E-state index contributed by atoms with van der Waals surface area (Å²) in [7, 11) is 0. The van der Waals surface area contributed by atoms with Crippen molar-refractivity contribution in [3.05, 3.63) is 92.5 Å². The van der Waals surface area contributed by atoms with E-state index in [-0.39, 0.29) is 28.5 Å². The van der Waals surface area contributed by atoms with E-state index in [1.165, 1.54) is 13.0 Å². The van der Waals surface area contributed by atoms with Crippen molar-refractivity contribution in [2.45, 2.75) is 63.2 Å². The number of thioether (sulfide) groups is 1. The van der Waals surface area contributed by atoms with Gasteiger partial charge < -0.3 is 4.84 Å². The molecule has 40 heavy (non-hydrogen) atoms. The number of hydrogen-bond acceptors (Lipinski definition) is 7. The van der Waals surface area contributed by atoms with E-state index in [9.17, 15) is 19.7 Å². The van der Waals surface area contributed by atoms with Crippen LogP contribution < -0.4 is 0 Å². The fraction of sp³-hybridized carbons (Fsp3) is 0.323. The molecule has 0 bridgehead atoms. The van der Waals surface area contributed by atoms with E-state index in [0.29, 0.717) is 16.3 Å². The SMILES string of the molecule is CCCC1(CCC)c2cc(C(=O)/C(CCSc3ccc(Cl)cc3)=N/OC(C)=O)ccc2-c2ccc([N+](=O)[O-])cc21. The molecule has 0 unspecified atom stereocenters. The first-order valence-electron chi connectivity index (χ1n) is 13.3. The second-order valence-corrected chi connectivity index (χ2v) is 11.4. The van der Waals surface area contributed by atoms with Gasteiger partial charge in [-0.15, -0.1) is 11.8 Å². The molecule has 0 heterocycles. The van der Waals surface area contributed by atoms with Gasteiger partial charge in [0.25, 0.3) is 5.69 Å². The van der Waals surface area contributed by atoms with Crippen molar-refractivity contribution in [1.29, 1.82) is 0 Å². The number of halogens is 1. The molecule has 0 saturated heterocycles. The van der Waals surface area contributed by atoms with Crippen LogP contribution in [0, 0.1) is 10.1 Å². The fourth-order valence-electron chi connectivity index (χ4n) is 5.54. The van der Waals surface area contributed by atoms with E-state index in [4.69, 9.17) is 16.4 Å². The van der Waals surface area contributed by atoms with E-state index < -0.39 is 11.4 Å². The van der Waals surface area contributed by atoms with Crippen LogP contribution in [0.5, 0.6) is 0 Å². The molecule has 0 fully saturated rings. The Morgan fingerprint density at radius 1 is 0.975 bits per heavy atom. The van der Waals surface area contributed by atoms with Crippen molar-refractivity contribution in [2.24, 2.45) is 5.16 Å². The summed E-state index contributed by atoms with van der Waals surface area (Å²) >= 11 is 7.52. The van der Waals surface area contributed by atoms with Gasteiger partial charge in [0.15, 0.2) is 0 Å². The molecule has 3 aromatic carbocycles. The predicted molar refractivity (Wildman–Crippen MR) is 159 cm³/mol. The van der Waals surface area contributed by atoms with Crippen LogP contribution >= 0.6 is 23.4 Å². The van der Waals surface area contributed by atoms with Gasteiger partial charge in [-0.2, -0.15) is 0 Å². The third-order valence-corrected chi connectivity index (χ3v) is 8.40. The highest BCUT2D eigenvalue weighted by Crippen LogP contribution is 2.54. The van der Waals surface area contributed by atoms with Gasteiger partial charge in [0.2, 0.25) is 5.78 Å². The summed E-state index contributed by atoms with van der Waals surface area (Å²) in [5.74, 6) is -0.375. The molecule has 3 aromatic rings. The largest absolute Gasteiger partial charge is 0.331 e. The molecule has 0 radical (unpaired) electrons. The van der Waals surface area contributed by atoms with Crippen LogP contribution in [0.2, 0.25) is 5.02 Å². The molecule has 0 aromatic heterocycles. The fourth-order valence-corrected chi connectivity index (χ4v) is 6.52. The van der Waals surface area contributed by atoms with Crippen molar-refractivity contribution < 1.29 is 19.3 Å². The number of carbonyl (C=O) groups is 2. The molecule has 0 saturated carbocycles. The minimum atomic E-state index is -0.605.